The van der Waals surface area contributed by atoms with Crippen molar-refractivity contribution in [3.8, 4) is 5.75 Å². The first-order valence-electron chi connectivity index (χ1n) is 12.0. The molecule has 1 unspecified atom stereocenters. The number of nitrogens with zero attached hydrogens (tertiary/aromatic N) is 4. The van der Waals surface area contributed by atoms with Crippen molar-refractivity contribution >= 4 is 40.9 Å². The molecule has 1 saturated heterocycles. The highest BCUT2D eigenvalue weighted by atomic mass is 19.1. The summed E-state index contributed by atoms with van der Waals surface area (Å²) in [5.41, 5.74) is -0.323. The Kier molecular flexibility index (Phi) is 7.74. The Morgan fingerprint density at radius 3 is 2.82 bits per heavy atom. The molecule has 1 atom stereocenters. The van der Waals surface area contributed by atoms with E-state index in [0.717, 1.165) is 0 Å². The molecule has 4 heterocycles. The number of methoxy groups -OCH3 is 1. The summed E-state index contributed by atoms with van der Waals surface area (Å²) in [4.78, 5) is 30.2. The van der Waals surface area contributed by atoms with Crippen molar-refractivity contribution in [2.24, 2.45) is 0 Å². The SMILES string of the molecule is C=Cc1cc(Nc2ccnc(Nc3cnc(N4CCNC(C(C)(C)O)C4)c(OC)c3)n2)c(=O)[nH]c1C(=C)F. The third-order valence-electron chi connectivity index (χ3n) is 6.12. The fourth-order valence-corrected chi connectivity index (χ4v) is 4.09. The molecule has 0 aliphatic carbocycles. The van der Waals surface area contributed by atoms with Gasteiger partial charge in [0.25, 0.3) is 5.56 Å². The minimum Gasteiger partial charge on any atom is -0.493 e. The first-order valence-corrected chi connectivity index (χ1v) is 12.0. The van der Waals surface area contributed by atoms with E-state index in [1.165, 1.54) is 18.3 Å². The second-order valence-electron chi connectivity index (χ2n) is 9.32. The average Bonchev–Trinajstić information content (AvgIpc) is 2.89. The van der Waals surface area contributed by atoms with Crippen LogP contribution in [0.1, 0.15) is 25.1 Å². The van der Waals surface area contributed by atoms with E-state index >= 15 is 0 Å². The molecular formula is C26H31FN8O3. The van der Waals surface area contributed by atoms with Crippen LogP contribution in [-0.2, 0) is 0 Å². The van der Waals surface area contributed by atoms with Gasteiger partial charge in [-0.2, -0.15) is 4.98 Å². The van der Waals surface area contributed by atoms with Gasteiger partial charge in [-0.3, -0.25) is 4.79 Å². The lowest BCUT2D eigenvalue weighted by atomic mass is 9.97. The van der Waals surface area contributed by atoms with E-state index in [4.69, 9.17) is 4.74 Å². The van der Waals surface area contributed by atoms with E-state index in [1.54, 1.807) is 39.3 Å². The molecule has 11 nitrogen and oxygen atoms in total. The van der Waals surface area contributed by atoms with Gasteiger partial charge in [-0.15, -0.1) is 0 Å². The fourth-order valence-electron chi connectivity index (χ4n) is 4.09. The molecule has 200 valence electrons. The quantitative estimate of drug-likeness (QED) is 0.285. The number of hydrogen-bond acceptors (Lipinski definition) is 10. The first kappa shape index (κ1) is 26.8. The molecule has 38 heavy (non-hydrogen) atoms. The number of halogens is 1. The van der Waals surface area contributed by atoms with Gasteiger partial charge in [0, 0.05) is 37.5 Å². The largest absolute Gasteiger partial charge is 0.493 e. The number of H-pyrrole nitrogens is 1. The van der Waals surface area contributed by atoms with Crippen LogP contribution in [0.2, 0.25) is 0 Å². The molecule has 1 fully saturated rings. The maximum absolute atomic E-state index is 13.6. The summed E-state index contributed by atoms with van der Waals surface area (Å²) in [5.74, 6) is 1.05. The molecule has 3 aromatic heterocycles. The first-order chi connectivity index (χ1) is 18.1. The molecule has 1 aliphatic heterocycles. The van der Waals surface area contributed by atoms with Crippen molar-refractivity contribution in [1.29, 1.82) is 0 Å². The molecule has 0 amide bonds. The molecule has 4 rings (SSSR count). The van der Waals surface area contributed by atoms with E-state index in [-0.39, 0.29) is 23.4 Å². The highest BCUT2D eigenvalue weighted by molar-refractivity contribution is 5.70. The van der Waals surface area contributed by atoms with Gasteiger partial charge in [0.05, 0.1) is 36.3 Å². The molecule has 5 N–H and O–H groups in total. The lowest BCUT2D eigenvalue weighted by molar-refractivity contribution is 0.0362. The monoisotopic (exact) mass is 522 g/mol. The number of aromatic amines is 1. The zero-order valence-corrected chi connectivity index (χ0v) is 21.5. The molecule has 1 aliphatic rings. The summed E-state index contributed by atoms with van der Waals surface area (Å²) in [6.07, 6.45) is 4.59. The lowest BCUT2D eigenvalue weighted by Crippen LogP contribution is -2.59. The summed E-state index contributed by atoms with van der Waals surface area (Å²) in [7, 11) is 1.57. The zero-order chi connectivity index (χ0) is 27.4. The average molecular weight is 523 g/mol. The van der Waals surface area contributed by atoms with Crippen molar-refractivity contribution in [1.82, 2.24) is 25.3 Å². The number of rotatable bonds is 9. The number of ether oxygens (including phenoxy) is 1. The second kappa shape index (κ2) is 11.0. The predicted octanol–water partition coefficient (Wildman–Crippen LogP) is 3.19. The second-order valence-corrected chi connectivity index (χ2v) is 9.32. The maximum Gasteiger partial charge on any atom is 0.272 e. The van der Waals surface area contributed by atoms with Gasteiger partial charge < -0.3 is 35.7 Å². The topological polar surface area (TPSA) is 140 Å². The minimum atomic E-state index is -0.883. The van der Waals surface area contributed by atoms with Crippen LogP contribution < -0.4 is 31.1 Å². The Bertz CT molecular complexity index is 1400. The molecule has 3 aromatic rings. The number of anilines is 5. The number of aliphatic hydroxyl groups is 1. The van der Waals surface area contributed by atoms with Crippen molar-refractivity contribution in [3.05, 3.63) is 65.4 Å². The van der Waals surface area contributed by atoms with Gasteiger partial charge in [0.1, 0.15) is 17.3 Å². The van der Waals surface area contributed by atoms with Gasteiger partial charge >= 0.3 is 0 Å². The summed E-state index contributed by atoms with van der Waals surface area (Å²) in [5, 5.41) is 19.8. The number of piperazine rings is 1. The Hall–Kier alpha value is -4.29. The molecular weight excluding hydrogens is 491 g/mol. The fraction of sp³-hybridized carbons (Fsp3) is 0.308. The van der Waals surface area contributed by atoms with Crippen molar-refractivity contribution in [2.75, 3.05) is 42.3 Å². The van der Waals surface area contributed by atoms with E-state index in [1.807, 2.05) is 0 Å². The van der Waals surface area contributed by atoms with E-state index in [9.17, 15) is 14.3 Å². The molecule has 0 spiro atoms. The molecule has 0 aromatic carbocycles. The van der Waals surface area contributed by atoms with Gasteiger partial charge in [-0.25, -0.2) is 14.4 Å². The number of pyridine rings is 2. The molecule has 0 saturated carbocycles. The van der Waals surface area contributed by atoms with Crippen LogP contribution in [-0.4, -0.2) is 63.4 Å². The van der Waals surface area contributed by atoms with Crippen LogP contribution in [0.15, 0.2) is 48.5 Å². The third kappa shape index (κ3) is 5.98. The summed E-state index contributed by atoms with van der Waals surface area (Å²) in [6.45, 7) is 12.4. The van der Waals surface area contributed by atoms with Gasteiger partial charge in [-0.1, -0.05) is 19.2 Å². The highest BCUT2D eigenvalue weighted by Gasteiger charge is 2.32. The molecule has 12 heteroatoms. The van der Waals surface area contributed by atoms with E-state index < -0.39 is 17.0 Å². The minimum absolute atomic E-state index is 0.0260. The van der Waals surface area contributed by atoms with Crippen LogP contribution in [0.25, 0.3) is 11.9 Å². The maximum atomic E-state index is 13.6. The molecule has 0 radical (unpaired) electrons. The van der Waals surface area contributed by atoms with Crippen molar-refractivity contribution in [2.45, 2.75) is 25.5 Å². The summed E-state index contributed by atoms with van der Waals surface area (Å²) >= 11 is 0. The molecule has 0 bridgehead atoms. The Labute approximate surface area is 219 Å². The summed E-state index contributed by atoms with van der Waals surface area (Å²) < 4.78 is 19.2. The lowest BCUT2D eigenvalue weighted by Gasteiger charge is -2.40. The normalized spacial score (nSPS) is 15.6. The van der Waals surface area contributed by atoms with Gasteiger partial charge in [0.2, 0.25) is 5.95 Å². The van der Waals surface area contributed by atoms with Crippen LogP contribution in [0.3, 0.4) is 0 Å². The van der Waals surface area contributed by atoms with Crippen LogP contribution in [0.5, 0.6) is 5.75 Å². The predicted molar refractivity (Wildman–Crippen MR) is 147 cm³/mol. The van der Waals surface area contributed by atoms with Crippen molar-refractivity contribution < 1.29 is 14.2 Å². The standard InChI is InChI=1S/C26H31FN8O3/c1-6-16-11-18(24(36)34-22(16)15(2)27)32-21-7-8-29-25(33-21)31-17-12-19(38-5)23(30-13-17)35-10-9-28-20(14-35)26(3,4)37/h6-8,11-13,20,28,37H,1-2,9-10,14H2,3-5H3,(H,34,36)(H2,29,31,32,33). The Balaban J connectivity index is 1.52. The van der Waals surface area contributed by atoms with Gasteiger partial charge in [0.15, 0.2) is 11.6 Å². The Morgan fingerprint density at radius 1 is 1.34 bits per heavy atom. The number of nitrogens with one attached hydrogen (secondary N) is 4. The van der Waals surface area contributed by atoms with Crippen LogP contribution >= 0.6 is 0 Å². The van der Waals surface area contributed by atoms with E-state index in [2.05, 4.69) is 53.9 Å². The number of hydrogen-bond donors (Lipinski definition) is 5. The highest BCUT2D eigenvalue weighted by Crippen LogP contribution is 2.31. The third-order valence-corrected chi connectivity index (χ3v) is 6.12. The van der Waals surface area contributed by atoms with Crippen LogP contribution in [0.4, 0.5) is 33.3 Å². The summed E-state index contributed by atoms with van der Waals surface area (Å²) in [6, 6.07) is 4.72. The smallest absolute Gasteiger partial charge is 0.272 e. The van der Waals surface area contributed by atoms with Gasteiger partial charge in [-0.05, 0) is 26.0 Å². The van der Waals surface area contributed by atoms with Crippen molar-refractivity contribution in [3.63, 3.8) is 0 Å². The van der Waals surface area contributed by atoms with Crippen LogP contribution in [0, 0.1) is 0 Å². The Morgan fingerprint density at radius 2 is 2.13 bits per heavy atom. The zero-order valence-electron chi connectivity index (χ0n) is 21.5. The van der Waals surface area contributed by atoms with E-state index in [0.29, 0.717) is 48.3 Å². The number of aromatic nitrogens is 4.